The molecule has 2 aromatic rings. The fourth-order valence-electron chi connectivity index (χ4n) is 4.89. The first-order chi connectivity index (χ1) is 19.3. The topological polar surface area (TPSA) is 121 Å². The van der Waals surface area contributed by atoms with Crippen molar-refractivity contribution >= 4 is 53.0 Å². The van der Waals surface area contributed by atoms with Gasteiger partial charge in [0.15, 0.2) is 5.75 Å². The van der Waals surface area contributed by atoms with E-state index in [1.54, 1.807) is 42.2 Å². The Bertz CT molecular complexity index is 1370. The average molecular weight is 610 g/mol. The minimum Gasteiger partial charge on any atom is -0.465 e. The van der Waals surface area contributed by atoms with Gasteiger partial charge in [0.05, 0.1) is 31.6 Å². The van der Waals surface area contributed by atoms with Gasteiger partial charge < -0.3 is 19.9 Å². The highest BCUT2D eigenvalue weighted by Gasteiger charge is 2.34. The molecule has 0 bridgehead atoms. The monoisotopic (exact) mass is 609 g/mol. The molecule has 224 valence electrons. The Morgan fingerprint density at radius 2 is 1.73 bits per heavy atom. The highest BCUT2D eigenvalue weighted by atomic mass is 32.2. The average Bonchev–Trinajstić information content (AvgIpc) is 2.88. The molecular weight excluding hydrogens is 572 g/mol. The molecule has 3 heterocycles. The van der Waals surface area contributed by atoms with Crippen molar-refractivity contribution in [2.45, 2.75) is 50.9 Å². The van der Waals surface area contributed by atoms with Crippen LogP contribution in [0.4, 0.5) is 31.8 Å². The zero-order valence-corrected chi connectivity index (χ0v) is 25.4. The number of benzene rings is 1. The van der Waals surface area contributed by atoms with E-state index in [1.165, 1.54) is 6.07 Å². The number of sulfonamides is 1. The molecule has 2 fully saturated rings. The van der Waals surface area contributed by atoms with Crippen LogP contribution in [0, 0.1) is 0 Å². The van der Waals surface area contributed by atoms with Crippen molar-refractivity contribution in [3.05, 3.63) is 42.0 Å². The second-order valence-electron chi connectivity index (χ2n) is 11.2. The van der Waals surface area contributed by atoms with Gasteiger partial charge in [-0.25, -0.2) is 22.2 Å². The molecular formula is C27H37F2N5O5SSi. The molecule has 0 saturated carbocycles. The molecule has 10 nitrogen and oxygen atoms in total. The Balaban J connectivity index is 1.56. The summed E-state index contributed by atoms with van der Waals surface area (Å²) in [5, 5.41) is 2.81. The number of nitrogens with zero attached hydrogens (tertiary/aromatic N) is 3. The molecule has 2 aliphatic heterocycles. The van der Waals surface area contributed by atoms with Crippen molar-refractivity contribution in [3.63, 3.8) is 0 Å². The summed E-state index contributed by atoms with van der Waals surface area (Å²) in [4.78, 5) is 33.6. The first-order valence-corrected chi connectivity index (χ1v) is 18.8. The molecule has 1 aromatic heterocycles. The highest BCUT2D eigenvalue weighted by molar-refractivity contribution is 7.93. The maximum atomic E-state index is 13.6. The van der Waals surface area contributed by atoms with Crippen molar-refractivity contribution < 1.29 is 31.5 Å². The van der Waals surface area contributed by atoms with Crippen LogP contribution in [0.1, 0.15) is 30.1 Å². The van der Waals surface area contributed by atoms with Crippen LogP contribution >= 0.6 is 0 Å². The maximum absolute atomic E-state index is 13.6. The van der Waals surface area contributed by atoms with Crippen molar-refractivity contribution in [3.8, 4) is 0 Å². The van der Waals surface area contributed by atoms with Gasteiger partial charge >= 0.3 is 5.97 Å². The molecule has 0 unspecified atom stereocenters. The number of rotatable bonds is 9. The number of hydrogen-bond acceptors (Lipinski definition) is 8. The number of esters is 1. The van der Waals surface area contributed by atoms with E-state index in [0.717, 1.165) is 25.2 Å². The van der Waals surface area contributed by atoms with Crippen LogP contribution in [0.15, 0.2) is 36.4 Å². The van der Waals surface area contributed by atoms with Crippen molar-refractivity contribution in [2.75, 3.05) is 58.4 Å². The molecule has 1 aromatic carbocycles. The third-order valence-electron chi connectivity index (χ3n) is 7.38. The predicted octanol–water partition coefficient (Wildman–Crippen LogP) is 4.40. The first-order valence-electron chi connectivity index (χ1n) is 13.7. The Hall–Kier alpha value is -3.26. The quantitative estimate of drug-likeness (QED) is 0.317. The van der Waals surface area contributed by atoms with Crippen LogP contribution in [-0.2, 0) is 19.6 Å². The molecule has 41 heavy (non-hydrogen) atoms. The number of ether oxygens (including phenoxy) is 1. The zero-order chi connectivity index (χ0) is 29.8. The van der Waals surface area contributed by atoms with Crippen LogP contribution in [0.2, 0.25) is 25.2 Å². The second kappa shape index (κ2) is 12.3. The number of pyridine rings is 1. The Morgan fingerprint density at radius 3 is 2.39 bits per heavy atom. The van der Waals surface area contributed by atoms with Gasteiger partial charge in [0.25, 0.3) is 11.8 Å². The highest BCUT2D eigenvalue weighted by Crippen LogP contribution is 2.33. The Morgan fingerprint density at radius 1 is 1.05 bits per heavy atom. The number of hydrogen-bond donors (Lipinski definition) is 2. The Kier molecular flexibility index (Phi) is 9.21. The van der Waals surface area contributed by atoms with Gasteiger partial charge in [0.2, 0.25) is 10.0 Å². The lowest BCUT2D eigenvalue weighted by Crippen LogP contribution is -2.43. The third kappa shape index (κ3) is 8.38. The van der Waals surface area contributed by atoms with Gasteiger partial charge in [-0.15, -0.1) is 0 Å². The molecule has 2 saturated heterocycles. The van der Waals surface area contributed by atoms with Crippen LogP contribution < -0.4 is 19.8 Å². The normalized spacial score (nSPS) is 18.5. The summed E-state index contributed by atoms with van der Waals surface area (Å²) in [6.07, 6.45) is -0.500. The van der Waals surface area contributed by atoms with Crippen LogP contribution in [0.25, 0.3) is 0 Å². The third-order valence-corrected chi connectivity index (χ3v) is 11.7. The smallest absolute Gasteiger partial charge is 0.323 e. The fourth-order valence-corrected chi connectivity index (χ4v) is 7.84. The van der Waals surface area contributed by atoms with E-state index in [4.69, 9.17) is 4.74 Å². The number of aromatic nitrogens is 1. The minimum absolute atomic E-state index is 0.0721. The summed E-state index contributed by atoms with van der Waals surface area (Å²) < 4.78 is 59.5. The molecule has 0 spiro atoms. The van der Waals surface area contributed by atoms with Gasteiger partial charge in [-0.2, -0.15) is 0 Å². The lowest BCUT2D eigenvalue weighted by Gasteiger charge is -2.38. The number of carbonyl (C=O) groups excluding carboxylic acids is 2. The standard InChI is InChI=1S/C27H37F2N5O5SSi/c1-4-39-25(35)19-40(37,38)32-20-8-9-21(22(18-20)33-14-16-41(2,3)17-15-33)26(36)31-23-6-5-7-24(30-23)34-12-10-27(28,29)11-13-34/h5-9,18,32H,4,10-17,19H2,1-3H3,(H,30,31,36). The zero-order valence-electron chi connectivity index (χ0n) is 23.6. The summed E-state index contributed by atoms with van der Waals surface area (Å²) in [5.74, 6) is -4.00. The van der Waals surface area contributed by atoms with Crippen molar-refractivity contribution in [2.24, 2.45) is 0 Å². The molecule has 0 aliphatic carbocycles. The SMILES string of the molecule is CCOC(=O)CS(=O)(=O)Nc1ccc(C(=O)Nc2cccc(N3CCC(F)(F)CC3)n2)c(N2CC[Si](C)(C)CC2)c1. The van der Waals surface area contributed by atoms with Crippen molar-refractivity contribution in [1.29, 1.82) is 0 Å². The summed E-state index contributed by atoms with van der Waals surface area (Å²) >= 11 is 0. The molecule has 0 radical (unpaired) electrons. The summed E-state index contributed by atoms with van der Waals surface area (Å²) in [6, 6.07) is 11.7. The number of alkyl halides is 2. The number of amides is 1. The van der Waals surface area contributed by atoms with Crippen LogP contribution in [0.5, 0.6) is 0 Å². The maximum Gasteiger partial charge on any atom is 0.323 e. The lowest BCUT2D eigenvalue weighted by atomic mass is 10.1. The summed E-state index contributed by atoms with van der Waals surface area (Å²) in [5.41, 5.74) is 1.13. The number of halogens is 2. The van der Waals surface area contributed by atoms with E-state index in [1.807, 2.05) is 0 Å². The Labute approximate surface area is 240 Å². The number of nitrogens with one attached hydrogen (secondary N) is 2. The van der Waals surface area contributed by atoms with E-state index < -0.39 is 41.6 Å². The molecule has 2 aliphatic rings. The van der Waals surface area contributed by atoms with Gasteiger partial charge in [0, 0.05) is 39.0 Å². The van der Waals surface area contributed by atoms with Crippen molar-refractivity contribution in [1.82, 2.24) is 4.98 Å². The van der Waals surface area contributed by atoms with E-state index in [2.05, 4.69) is 33.0 Å². The number of carbonyl (C=O) groups is 2. The van der Waals surface area contributed by atoms with Crippen LogP contribution in [0.3, 0.4) is 0 Å². The van der Waals surface area contributed by atoms with Crippen LogP contribution in [-0.4, -0.2) is 77.8 Å². The predicted molar refractivity (Wildman–Crippen MR) is 158 cm³/mol. The van der Waals surface area contributed by atoms with Gasteiger partial charge in [-0.3, -0.25) is 14.3 Å². The molecule has 1 amide bonds. The van der Waals surface area contributed by atoms with E-state index in [-0.39, 0.29) is 44.0 Å². The molecule has 0 atom stereocenters. The molecule has 2 N–H and O–H groups in total. The van der Waals surface area contributed by atoms with E-state index in [0.29, 0.717) is 17.1 Å². The van der Waals surface area contributed by atoms with Gasteiger partial charge in [-0.1, -0.05) is 19.2 Å². The number of anilines is 4. The summed E-state index contributed by atoms with van der Waals surface area (Å²) in [7, 11) is -5.37. The van der Waals surface area contributed by atoms with E-state index in [9.17, 15) is 26.8 Å². The lowest BCUT2D eigenvalue weighted by molar-refractivity contribution is -0.139. The first kappa shape index (κ1) is 30.7. The molecule has 14 heteroatoms. The van der Waals surface area contributed by atoms with Gasteiger partial charge in [-0.05, 0) is 49.3 Å². The minimum atomic E-state index is -4.02. The van der Waals surface area contributed by atoms with Gasteiger partial charge in [0.1, 0.15) is 11.6 Å². The summed E-state index contributed by atoms with van der Waals surface area (Å²) in [6.45, 7) is 8.10. The molecule has 4 rings (SSSR count). The second-order valence-corrected chi connectivity index (χ2v) is 18.3. The largest absolute Gasteiger partial charge is 0.465 e. The van der Waals surface area contributed by atoms with E-state index >= 15 is 0 Å². The number of piperidine rings is 1. The fraction of sp³-hybridized carbons (Fsp3) is 0.519.